The molecule has 1 heterocycles. The van der Waals surface area contributed by atoms with Gasteiger partial charge in [-0.2, -0.15) is 0 Å². The molecule has 0 radical (unpaired) electrons. The van der Waals surface area contributed by atoms with E-state index in [1.807, 2.05) is 6.08 Å². The first-order valence-electron chi connectivity index (χ1n) is 4.18. The van der Waals surface area contributed by atoms with Crippen LogP contribution < -0.4 is 0 Å². The first-order valence-corrected chi connectivity index (χ1v) is 6.38. The third-order valence-corrected chi connectivity index (χ3v) is 4.26. The van der Waals surface area contributed by atoms with E-state index in [0.29, 0.717) is 0 Å². The van der Waals surface area contributed by atoms with Crippen molar-refractivity contribution in [2.45, 2.75) is 23.2 Å². The van der Waals surface area contributed by atoms with Gasteiger partial charge in [-0.25, -0.2) is 0 Å². The fourth-order valence-electron chi connectivity index (χ4n) is 1.16. The van der Waals surface area contributed by atoms with Gasteiger partial charge in [0.25, 0.3) is 0 Å². The number of rotatable bonds is 2. The Kier molecular flexibility index (Phi) is 4.17. The molecule has 0 bridgehead atoms. The van der Waals surface area contributed by atoms with Gasteiger partial charge in [-0.1, -0.05) is 0 Å². The molecule has 14 heavy (non-hydrogen) atoms. The Labute approximate surface area is 88.8 Å². The van der Waals surface area contributed by atoms with Crippen LogP contribution in [0.5, 0.6) is 0 Å². The Balaban J connectivity index is 2.67. The van der Waals surface area contributed by atoms with Gasteiger partial charge in [0, 0.05) is 0 Å². The molecule has 1 aliphatic heterocycles. The molecule has 1 aliphatic rings. The van der Waals surface area contributed by atoms with Crippen LogP contribution in [0.4, 0.5) is 0 Å². The molecule has 0 saturated heterocycles. The van der Waals surface area contributed by atoms with Crippen LogP contribution in [0.15, 0.2) is 12.2 Å². The minimum absolute atomic E-state index is 0.113. The molecule has 0 saturated carbocycles. The van der Waals surface area contributed by atoms with Crippen molar-refractivity contribution >= 4 is 26.9 Å². The first-order chi connectivity index (χ1) is 6.65. The normalized spacial score (nSPS) is 25.6. The Morgan fingerprint density at radius 3 is 2.79 bits per heavy atom. The van der Waals surface area contributed by atoms with Gasteiger partial charge in [0.2, 0.25) is 0 Å². The van der Waals surface area contributed by atoms with E-state index in [9.17, 15) is 9.59 Å². The summed E-state index contributed by atoms with van der Waals surface area (Å²) in [5.74, 6) is -0.660. The molecule has 0 fully saturated rings. The van der Waals surface area contributed by atoms with Gasteiger partial charge in [0.05, 0.1) is 0 Å². The molecule has 0 spiro atoms. The van der Waals surface area contributed by atoms with Gasteiger partial charge < -0.3 is 0 Å². The average Bonchev–Trinajstić information content (AvgIpc) is 2.16. The van der Waals surface area contributed by atoms with Crippen molar-refractivity contribution in [2.75, 3.05) is 7.11 Å². The second kappa shape index (κ2) is 5.17. The van der Waals surface area contributed by atoms with Crippen molar-refractivity contribution in [3.8, 4) is 0 Å². The Morgan fingerprint density at radius 2 is 2.21 bits per heavy atom. The molecular weight excluding hydrogens is 251 g/mol. The van der Waals surface area contributed by atoms with Crippen LogP contribution in [-0.4, -0.2) is 40.1 Å². The third kappa shape index (κ3) is 2.86. The van der Waals surface area contributed by atoms with E-state index in [4.69, 9.17) is 4.74 Å². The van der Waals surface area contributed by atoms with Gasteiger partial charge in [-0.15, -0.1) is 0 Å². The molecule has 0 aromatic carbocycles. The summed E-state index contributed by atoms with van der Waals surface area (Å²) in [5, 5.41) is 0.879. The number of carbonyl (C=O) groups excluding carboxylic acids is 2. The topological polar surface area (TPSA) is 52.6 Å². The summed E-state index contributed by atoms with van der Waals surface area (Å²) in [6, 6.07) is 0. The summed E-state index contributed by atoms with van der Waals surface area (Å²) < 4.78 is 9.67. The second-order valence-electron chi connectivity index (χ2n) is 2.78. The monoisotopic (exact) mass is 264 g/mol. The SMILES string of the molecule is COC(=O)C1[Se]CC=C[C@H]1OC(C)=O. The zero-order valence-electron chi connectivity index (χ0n) is 8.06. The second-order valence-corrected chi connectivity index (χ2v) is 5.24. The predicted molar refractivity (Wildman–Crippen MR) is 51.0 cm³/mol. The fraction of sp³-hybridized carbons (Fsp3) is 0.556. The molecule has 0 aromatic rings. The predicted octanol–water partition coefficient (Wildman–Crippen LogP) is 0.572. The number of esters is 2. The maximum absolute atomic E-state index is 11.3. The van der Waals surface area contributed by atoms with E-state index in [1.54, 1.807) is 6.08 Å². The molecule has 0 aromatic heterocycles. The van der Waals surface area contributed by atoms with Gasteiger partial charge in [0.1, 0.15) is 0 Å². The zero-order chi connectivity index (χ0) is 10.6. The number of carbonyl (C=O) groups is 2. The molecule has 5 heteroatoms. The van der Waals surface area contributed by atoms with Crippen LogP contribution >= 0.6 is 0 Å². The van der Waals surface area contributed by atoms with Gasteiger partial charge in [0.15, 0.2) is 0 Å². The van der Waals surface area contributed by atoms with E-state index < -0.39 is 6.10 Å². The van der Waals surface area contributed by atoms with E-state index in [2.05, 4.69) is 4.74 Å². The van der Waals surface area contributed by atoms with Crippen LogP contribution in [0.1, 0.15) is 6.92 Å². The Bertz CT molecular complexity index is 262. The Hall–Kier alpha value is -0.801. The van der Waals surface area contributed by atoms with Crippen LogP contribution in [0.2, 0.25) is 10.1 Å². The summed E-state index contributed by atoms with van der Waals surface area (Å²) in [6.07, 6.45) is 3.26. The zero-order valence-corrected chi connectivity index (χ0v) is 9.77. The standard InChI is InChI=1S/C9H12O4Se/c1-6(10)13-7-4-3-5-14-8(7)9(11)12-2/h3-4,7-8H,5H2,1-2H3/t7-,8?/m1/s1. The van der Waals surface area contributed by atoms with Crippen LogP contribution in [-0.2, 0) is 19.1 Å². The molecular formula is C9H12O4Se. The molecule has 4 nitrogen and oxygen atoms in total. The van der Waals surface area contributed by atoms with Crippen molar-refractivity contribution < 1.29 is 19.1 Å². The van der Waals surface area contributed by atoms with Crippen molar-refractivity contribution in [1.82, 2.24) is 0 Å². The van der Waals surface area contributed by atoms with Crippen LogP contribution in [0.3, 0.4) is 0 Å². The van der Waals surface area contributed by atoms with Crippen molar-refractivity contribution in [2.24, 2.45) is 0 Å². The van der Waals surface area contributed by atoms with E-state index >= 15 is 0 Å². The van der Waals surface area contributed by atoms with Crippen LogP contribution in [0, 0.1) is 0 Å². The molecule has 0 N–H and O–H groups in total. The fourth-order valence-corrected chi connectivity index (χ4v) is 3.25. The van der Waals surface area contributed by atoms with Gasteiger partial charge >= 0.3 is 88.4 Å². The Morgan fingerprint density at radius 1 is 1.50 bits per heavy atom. The number of methoxy groups -OCH3 is 1. The summed E-state index contributed by atoms with van der Waals surface area (Å²) >= 11 is 0.113. The molecule has 1 rings (SSSR count). The average molecular weight is 263 g/mol. The molecule has 2 atom stereocenters. The number of allylic oxidation sites excluding steroid dienone is 1. The van der Waals surface area contributed by atoms with Crippen LogP contribution in [0.25, 0.3) is 0 Å². The number of hydrogen-bond acceptors (Lipinski definition) is 4. The maximum atomic E-state index is 11.3. The molecule has 0 amide bonds. The van der Waals surface area contributed by atoms with E-state index in [0.717, 1.165) is 5.32 Å². The first kappa shape index (κ1) is 11.3. The molecule has 78 valence electrons. The van der Waals surface area contributed by atoms with E-state index in [-0.39, 0.29) is 31.7 Å². The quantitative estimate of drug-likeness (QED) is 0.415. The van der Waals surface area contributed by atoms with Gasteiger partial charge in [-0.3, -0.25) is 0 Å². The van der Waals surface area contributed by atoms with Gasteiger partial charge in [-0.05, 0) is 0 Å². The summed E-state index contributed by atoms with van der Waals surface area (Å²) in [6.45, 7) is 1.34. The molecule has 1 unspecified atom stereocenters. The summed E-state index contributed by atoms with van der Waals surface area (Å²) in [5.41, 5.74) is 0. The number of ether oxygens (including phenoxy) is 2. The van der Waals surface area contributed by atoms with Crippen molar-refractivity contribution in [3.05, 3.63) is 12.2 Å². The number of hydrogen-bond donors (Lipinski definition) is 0. The minimum atomic E-state index is -0.436. The molecule has 0 aliphatic carbocycles. The van der Waals surface area contributed by atoms with Crippen molar-refractivity contribution in [3.63, 3.8) is 0 Å². The van der Waals surface area contributed by atoms with E-state index in [1.165, 1.54) is 14.0 Å². The summed E-state index contributed by atoms with van der Waals surface area (Å²) in [7, 11) is 1.35. The summed E-state index contributed by atoms with van der Waals surface area (Å²) in [4.78, 5) is 21.8. The van der Waals surface area contributed by atoms with Crippen molar-refractivity contribution in [1.29, 1.82) is 0 Å². The third-order valence-electron chi connectivity index (χ3n) is 1.73.